The molecule has 1 radical (unpaired) electrons. The second-order valence-corrected chi connectivity index (χ2v) is 8.56. The molecule has 1 aromatic carbocycles. The molecule has 119 valence electrons. The molecule has 2 aromatic rings. The quantitative estimate of drug-likeness (QED) is 0.612. The standard InChI is InChI=1S/C20H28NS/c1-19(2)18(20(19,3)4)16-14-21(12-8-9-13-22-5)17-11-7-6-10-15(16)17/h6-7,10-11,14H,8-9,12-13H2,1-5H3. The average molecular weight is 315 g/mol. The number of rotatable bonds is 6. The molecule has 0 atom stereocenters. The average Bonchev–Trinajstić information content (AvgIpc) is 2.77. The van der Waals surface area contributed by atoms with Crippen LogP contribution in [-0.4, -0.2) is 16.6 Å². The van der Waals surface area contributed by atoms with Crippen molar-refractivity contribution in [1.82, 2.24) is 4.57 Å². The molecule has 1 saturated carbocycles. The molecule has 0 amide bonds. The van der Waals surface area contributed by atoms with E-state index in [0.29, 0.717) is 10.8 Å². The van der Waals surface area contributed by atoms with Gasteiger partial charge in [0.15, 0.2) is 0 Å². The summed E-state index contributed by atoms with van der Waals surface area (Å²) in [6, 6.07) is 8.90. The Morgan fingerprint density at radius 2 is 1.68 bits per heavy atom. The van der Waals surface area contributed by atoms with Crippen molar-refractivity contribution in [2.75, 3.05) is 12.0 Å². The van der Waals surface area contributed by atoms with Gasteiger partial charge in [-0.3, -0.25) is 0 Å². The highest BCUT2D eigenvalue weighted by atomic mass is 32.2. The number of thioether (sulfide) groups is 1. The van der Waals surface area contributed by atoms with Crippen molar-refractivity contribution in [3.05, 3.63) is 41.9 Å². The summed E-state index contributed by atoms with van der Waals surface area (Å²) in [6.45, 7) is 10.7. The van der Waals surface area contributed by atoms with Crippen molar-refractivity contribution in [2.24, 2.45) is 10.8 Å². The summed E-state index contributed by atoms with van der Waals surface area (Å²) in [5, 5.41) is 1.43. The number of hydrogen-bond donors (Lipinski definition) is 0. The molecule has 0 N–H and O–H groups in total. The van der Waals surface area contributed by atoms with E-state index in [1.165, 1.54) is 35.1 Å². The summed E-state index contributed by atoms with van der Waals surface area (Å²) in [4.78, 5) is 0. The van der Waals surface area contributed by atoms with E-state index < -0.39 is 0 Å². The summed E-state index contributed by atoms with van der Waals surface area (Å²) >= 11 is 1.95. The van der Waals surface area contributed by atoms with Crippen LogP contribution in [0.25, 0.3) is 10.9 Å². The zero-order valence-electron chi connectivity index (χ0n) is 14.6. The third kappa shape index (κ3) is 2.40. The zero-order chi connectivity index (χ0) is 16.0. The molecule has 1 fully saturated rings. The molecule has 22 heavy (non-hydrogen) atoms. The fourth-order valence-electron chi connectivity index (χ4n) is 3.86. The molecule has 1 aromatic heterocycles. The van der Waals surface area contributed by atoms with Gasteiger partial charge in [0, 0.05) is 29.6 Å². The number of fused-ring (bicyclic) bond motifs is 1. The third-order valence-electron chi connectivity index (χ3n) is 5.81. The first-order chi connectivity index (χ1) is 10.4. The fraction of sp³-hybridized carbons (Fsp3) is 0.550. The van der Waals surface area contributed by atoms with Gasteiger partial charge in [0.1, 0.15) is 0 Å². The number of aromatic nitrogens is 1. The SMILES string of the molecule is CSCCCCn1cc([C]2C(C)(C)C2(C)C)c2ccccc21. The molecule has 0 unspecified atom stereocenters. The Labute approximate surface area is 139 Å². The van der Waals surface area contributed by atoms with E-state index in [1.807, 2.05) is 11.8 Å². The van der Waals surface area contributed by atoms with Crippen LogP contribution in [0.4, 0.5) is 0 Å². The lowest BCUT2D eigenvalue weighted by molar-refractivity contribution is 0.457. The van der Waals surface area contributed by atoms with Crippen LogP contribution in [0.3, 0.4) is 0 Å². The highest BCUT2D eigenvalue weighted by Crippen LogP contribution is 2.73. The molecular formula is C20H28NS. The zero-order valence-corrected chi connectivity index (χ0v) is 15.4. The van der Waals surface area contributed by atoms with Gasteiger partial charge in [0.05, 0.1) is 0 Å². The largest absolute Gasteiger partial charge is 0.347 e. The van der Waals surface area contributed by atoms with E-state index in [0.717, 1.165) is 6.54 Å². The summed E-state index contributed by atoms with van der Waals surface area (Å²) in [5.74, 6) is 2.89. The molecule has 0 saturated heterocycles. The van der Waals surface area contributed by atoms with Gasteiger partial charge in [-0.05, 0) is 47.3 Å². The summed E-state index contributed by atoms with van der Waals surface area (Å²) in [5.41, 5.74) is 3.52. The van der Waals surface area contributed by atoms with Crippen LogP contribution >= 0.6 is 11.8 Å². The van der Waals surface area contributed by atoms with E-state index >= 15 is 0 Å². The maximum atomic E-state index is 2.47. The van der Waals surface area contributed by atoms with Crippen LogP contribution < -0.4 is 0 Å². The summed E-state index contributed by atoms with van der Waals surface area (Å²) in [7, 11) is 0. The summed E-state index contributed by atoms with van der Waals surface area (Å²) in [6.07, 6.45) is 7.17. The first kappa shape index (κ1) is 16.0. The number of para-hydroxylation sites is 1. The Morgan fingerprint density at radius 1 is 1.00 bits per heavy atom. The van der Waals surface area contributed by atoms with Crippen molar-refractivity contribution in [1.29, 1.82) is 0 Å². The highest BCUT2D eigenvalue weighted by molar-refractivity contribution is 7.98. The second kappa shape index (κ2) is 5.63. The van der Waals surface area contributed by atoms with Crippen LogP contribution in [0.15, 0.2) is 30.5 Å². The van der Waals surface area contributed by atoms with Gasteiger partial charge in [-0.25, -0.2) is 0 Å². The molecule has 2 heteroatoms. The molecule has 0 bridgehead atoms. The van der Waals surface area contributed by atoms with Crippen molar-refractivity contribution in [3.8, 4) is 0 Å². The molecule has 1 aliphatic carbocycles. The van der Waals surface area contributed by atoms with Crippen LogP contribution in [-0.2, 0) is 6.54 Å². The van der Waals surface area contributed by atoms with Gasteiger partial charge < -0.3 is 4.57 Å². The lowest BCUT2D eigenvalue weighted by Crippen LogP contribution is -1.96. The maximum absolute atomic E-state index is 2.47. The van der Waals surface area contributed by atoms with Crippen molar-refractivity contribution < 1.29 is 0 Å². The second-order valence-electron chi connectivity index (χ2n) is 7.58. The van der Waals surface area contributed by atoms with E-state index in [-0.39, 0.29) is 0 Å². The highest BCUT2D eigenvalue weighted by Gasteiger charge is 2.66. The van der Waals surface area contributed by atoms with Gasteiger partial charge in [-0.2, -0.15) is 11.8 Å². The Balaban J connectivity index is 1.92. The van der Waals surface area contributed by atoms with Gasteiger partial charge >= 0.3 is 0 Å². The lowest BCUT2D eigenvalue weighted by Gasteiger charge is -2.04. The minimum absolute atomic E-state index is 0.320. The lowest BCUT2D eigenvalue weighted by atomic mass is 10.0. The third-order valence-corrected chi connectivity index (χ3v) is 6.50. The predicted octanol–water partition coefficient (Wildman–Crippen LogP) is 5.77. The first-order valence-electron chi connectivity index (χ1n) is 8.36. The normalized spacial score (nSPS) is 19.7. The topological polar surface area (TPSA) is 4.93 Å². The monoisotopic (exact) mass is 314 g/mol. The fourth-order valence-corrected chi connectivity index (χ4v) is 4.36. The molecule has 3 rings (SSSR count). The van der Waals surface area contributed by atoms with Crippen molar-refractivity contribution in [3.63, 3.8) is 0 Å². The molecule has 1 heterocycles. The van der Waals surface area contributed by atoms with Crippen LogP contribution in [0.2, 0.25) is 0 Å². The van der Waals surface area contributed by atoms with Gasteiger partial charge in [-0.1, -0.05) is 45.9 Å². The molecule has 1 nitrogen and oxygen atoms in total. The van der Waals surface area contributed by atoms with Crippen LogP contribution in [0.5, 0.6) is 0 Å². The predicted molar refractivity (Wildman–Crippen MR) is 99.5 cm³/mol. The molecular weight excluding hydrogens is 286 g/mol. The van der Waals surface area contributed by atoms with Crippen LogP contribution in [0, 0.1) is 16.7 Å². The smallest absolute Gasteiger partial charge is 0.0483 e. The van der Waals surface area contributed by atoms with Gasteiger partial charge in [0.25, 0.3) is 0 Å². The number of nitrogens with zero attached hydrogens (tertiary/aromatic N) is 1. The Bertz CT molecular complexity index is 651. The minimum Gasteiger partial charge on any atom is -0.347 e. The van der Waals surface area contributed by atoms with E-state index in [1.54, 1.807) is 5.92 Å². The first-order valence-corrected chi connectivity index (χ1v) is 9.75. The number of unbranched alkanes of at least 4 members (excludes halogenated alkanes) is 1. The van der Waals surface area contributed by atoms with Crippen LogP contribution in [0.1, 0.15) is 46.1 Å². The van der Waals surface area contributed by atoms with Crippen molar-refractivity contribution >= 4 is 22.7 Å². The molecule has 0 spiro atoms. The van der Waals surface area contributed by atoms with E-state index in [9.17, 15) is 0 Å². The Hall–Kier alpha value is -0.890. The minimum atomic E-state index is 0.320. The Morgan fingerprint density at radius 3 is 2.32 bits per heavy atom. The number of aryl methyl sites for hydroxylation is 1. The van der Waals surface area contributed by atoms with E-state index in [4.69, 9.17) is 0 Å². The number of hydrogen-bond acceptors (Lipinski definition) is 1. The van der Waals surface area contributed by atoms with Gasteiger partial charge in [0.2, 0.25) is 0 Å². The molecule has 0 aliphatic heterocycles. The molecule has 1 aliphatic rings. The van der Waals surface area contributed by atoms with Gasteiger partial charge in [-0.15, -0.1) is 0 Å². The number of benzene rings is 1. The maximum Gasteiger partial charge on any atom is 0.0483 e. The summed E-state index contributed by atoms with van der Waals surface area (Å²) < 4.78 is 2.47. The van der Waals surface area contributed by atoms with E-state index in [2.05, 4.69) is 69.0 Å². The van der Waals surface area contributed by atoms with Crippen molar-refractivity contribution in [2.45, 2.75) is 47.1 Å². The Kier molecular flexibility index (Phi) is 4.09.